The van der Waals surface area contributed by atoms with Crippen molar-refractivity contribution >= 4 is 33.3 Å². The van der Waals surface area contributed by atoms with Crippen molar-refractivity contribution in [1.82, 2.24) is 9.88 Å². The summed E-state index contributed by atoms with van der Waals surface area (Å²) in [6.45, 7) is 5.20. The summed E-state index contributed by atoms with van der Waals surface area (Å²) in [7, 11) is 0. The Labute approximate surface area is 110 Å². The van der Waals surface area contributed by atoms with Crippen LogP contribution in [0.4, 0.5) is 5.82 Å². The molecule has 16 heavy (non-hydrogen) atoms. The molecule has 1 aliphatic rings. The van der Waals surface area contributed by atoms with Crippen LogP contribution in [0.25, 0.3) is 0 Å². The first-order valence-electron chi connectivity index (χ1n) is 5.44. The van der Waals surface area contributed by atoms with Gasteiger partial charge in [0.15, 0.2) is 0 Å². The summed E-state index contributed by atoms with van der Waals surface area (Å²) in [5, 5.41) is 0. The first-order chi connectivity index (χ1) is 7.79. The Kier molecular flexibility index (Phi) is 4.44. The first-order valence-corrected chi connectivity index (χ1v) is 6.77. The van der Waals surface area contributed by atoms with E-state index in [4.69, 9.17) is 11.6 Å². The van der Waals surface area contributed by atoms with E-state index in [2.05, 4.69) is 36.8 Å². The van der Waals surface area contributed by atoms with E-state index in [1.165, 1.54) is 0 Å². The lowest BCUT2D eigenvalue weighted by Gasteiger charge is -2.35. The van der Waals surface area contributed by atoms with Crippen molar-refractivity contribution in [3.05, 3.63) is 22.8 Å². The van der Waals surface area contributed by atoms with Gasteiger partial charge in [0.2, 0.25) is 0 Å². The largest absolute Gasteiger partial charge is 0.354 e. The van der Waals surface area contributed by atoms with Crippen LogP contribution in [0.15, 0.2) is 22.8 Å². The summed E-state index contributed by atoms with van der Waals surface area (Å²) in [5.74, 6) is 1.78. The lowest BCUT2D eigenvalue weighted by atomic mass is 10.3. The molecule has 1 aromatic heterocycles. The molecule has 1 saturated heterocycles. The summed E-state index contributed by atoms with van der Waals surface area (Å²) >= 11 is 9.13. The fraction of sp³-hybridized carbons (Fsp3) is 0.545. The van der Waals surface area contributed by atoms with Gasteiger partial charge in [-0.2, -0.15) is 0 Å². The molecule has 0 amide bonds. The Bertz CT molecular complexity index is 323. The van der Waals surface area contributed by atoms with E-state index in [1.807, 2.05) is 12.3 Å². The van der Waals surface area contributed by atoms with E-state index < -0.39 is 0 Å². The van der Waals surface area contributed by atoms with Crippen LogP contribution < -0.4 is 4.90 Å². The van der Waals surface area contributed by atoms with E-state index in [0.717, 1.165) is 48.9 Å². The van der Waals surface area contributed by atoms with Crippen LogP contribution in [-0.4, -0.2) is 48.5 Å². The molecule has 1 fully saturated rings. The smallest absolute Gasteiger partial charge is 0.128 e. The van der Waals surface area contributed by atoms with E-state index in [0.29, 0.717) is 0 Å². The van der Waals surface area contributed by atoms with Gasteiger partial charge in [-0.1, -0.05) is 0 Å². The molecule has 88 valence electrons. The quantitative estimate of drug-likeness (QED) is 0.798. The summed E-state index contributed by atoms with van der Waals surface area (Å²) in [6, 6.07) is 4.09. The number of rotatable bonds is 3. The predicted molar refractivity (Wildman–Crippen MR) is 71.3 cm³/mol. The van der Waals surface area contributed by atoms with Crippen molar-refractivity contribution in [2.45, 2.75) is 0 Å². The van der Waals surface area contributed by atoms with Crippen LogP contribution in [0.3, 0.4) is 0 Å². The molecule has 0 radical (unpaired) electrons. The van der Waals surface area contributed by atoms with Crippen molar-refractivity contribution < 1.29 is 0 Å². The van der Waals surface area contributed by atoms with Gasteiger partial charge in [-0.15, -0.1) is 11.6 Å². The fourth-order valence-electron chi connectivity index (χ4n) is 1.88. The first kappa shape index (κ1) is 12.1. The molecule has 2 rings (SSSR count). The highest BCUT2D eigenvalue weighted by Crippen LogP contribution is 2.16. The number of piperazine rings is 1. The van der Waals surface area contributed by atoms with E-state index in [9.17, 15) is 0 Å². The highest BCUT2D eigenvalue weighted by Gasteiger charge is 2.16. The number of hydrogen-bond donors (Lipinski definition) is 0. The summed E-state index contributed by atoms with van der Waals surface area (Å²) in [6.07, 6.45) is 1.85. The molecule has 0 atom stereocenters. The fourth-order valence-corrected chi connectivity index (χ4v) is 2.35. The third-order valence-electron chi connectivity index (χ3n) is 2.81. The van der Waals surface area contributed by atoms with Gasteiger partial charge in [0.1, 0.15) is 5.82 Å². The molecule has 0 unspecified atom stereocenters. The van der Waals surface area contributed by atoms with Gasteiger partial charge in [0.05, 0.1) is 0 Å². The molecule has 0 spiro atoms. The Morgan fingerprint density at radius 3 is 2.56 bits per heavy atom. The van der Waals surface area contributed by atoms with Crippen LogP contribution in [-0.2, 0) is 0 Å². The number of anilines is 1. The van der Waals surface area contributed by atoms with E-state index in [1.54, 1.807) is 0 Å². The second-order valence-electron chi connectivity index (χ2n) is 3.85. The number of hydrogen-bond acceptors (Lipinski definition) is 3. The van der Waals surface area contributed by atoms with Gasteiger partial charge in [0.25, 0.3) is 0 Å². The number of nitrogens with zero attached hydrogens (tertiary/aromatic N) is 3. The van der Waals surface area contributed by atoms with Gasteiger partial charge in [0, 0.05) is 49.3 Å². The second kappa shape index (κ2) is 5.84. The Morgan fingerprint density at radius 1 is 1.25 bits per heavy atom. The summed E-state index contributed by atoms with van der Waals surface area (Å²) < 4.78 is 1.03. The molecule has 5 heteroatoms. The Balaban J connectivity index is 1.91. The lowest BCUT2D eigenvalue weighted by Crippen LogP contribution is -2.47. The lowest BCUT2D eigenvalue weighted by molar-refractivity contribution is 0.272. The van der Waals surface area contributed by atoms with Gasteiger partial charge in [-0.05, 0) is 28.1 Å². The molecule has 0 bridgehead atoms. The molecule has 1 aliphatic heterocycles. The number of aromatic nitrogens is 1. The minimum absolute atomic E-state index is 0.719. The maximum Gasteiger partial charge on any atom is 0.128 e. The van der Waals surface area contributed by atoms with Gasteiger partial charge >= 0.3 is 0 Å². The molecular formula is C11H15BrClN3. The highest BCUT2D eigenvalue weighted by atomic mass is 79.9. The number of pyridine rings is 1. The van der Waals surface area contributed by atoms with Crippen molar-refractivity contribution in [3.8, 4) is 0 Å². The predicted octanol–water partition coefficient (Wildman–Crippen LogP) is 2.20. The minimum atomic E-state index is 0.719. The van der Waals surface area contributed by atoms with Gasteiger partial charge in [-0.25, -0.2) is 4.98 Å². The van der Waals surface area contributed by atoms with E-state index >= 15 is 0 Å². The van der Waals surface area contributed by atoms with Crippen LogP contribution in [0, 0.1) is 0 Å². The highest BCUT2D eigenvalue weighted by molar-refractivity contribution is 9.10. The SMILES string of the molecule is ClCCN1CCN(c2ccc(Br)cn2)CC1. The monoisotopic (exact) mass is 303 g/mol. The van der Waals surface area contributed by atoms with Crippen LogP contribution in [0.2, 0.25) is 0 Å². The standard InChI is InChI=1S/C11H15BrClN3/c12-10-1-2-11(14-9-10)16-7-5-15(4-3-13)6-8-16/h1-2,9H,3-8H2. The van der Waals surface area contributed by atoms with Crippen molar-refractivity contribution in [2.24, 2.45) is 0 Å². The van der Waals surface area contributed by atoms with Gasteiger partial charge in [-0.3, -0.25) is 4.90 Å². The molecule has 0 aromatic carbocycles. The third kappa shape index (κ3) is 3.09. The average molecular weight is 305 g/mol. The topological polar surface area (TPSA) is 19.4 Å². The average Bonchev–Trinajstić information content (AvgIpc) is 2.32. The third-order valence-corrected chi connectivity index (χ3v) is 3.45. The van der Waals surface area contributed by atoms with Crippen LogP contribution in [0.1, 0.15) is 0 Å². The molecule has 1 aromatic rings. The minimum Gasteiger partial charge on any atom is -0.354 e. The molecule has 2 heterocycles. The van der Waals surface area contributed by atoms with Crippen LogP contribution in [0.5, 0.6) is 0 Å². The zero-order chi connectivity index (χ0) is 11.4. The maximum atomic E-state index is 5.73. The summed E-state index contributed by atoms with van der Waals surface area (Å²) in [5.41, 5.74) is 0. The molecular weight excluding hydrogens is 289 g/mol. The normalized spacial score (nSPS) is 17.8. The Hall–Kier alpha value is -0.320. The van der Waals surface area contributed by atoms with Crippen molar-refractivity contribution in [3.63, 3.8) is 0 Å². The zero-order valence-electron chi connectivity index (χ0n) is 9.07. The van der Waals surface area contributed by atoms with Gasteiger partial charge < -0.3 is 4.90 Å². The van der Waals surface area contributed by atoms with E-state index in [-0.39, 0.29) is 0 Å². The Morgan fingerprint density at radius 2 is 2.00 bits per heavy atom. The zero-order valence-corrected chi connectivity index (χ0v) is 11.4. The number of alkyl halides is 1. The van der Waals surface area contributed by atoms with Crippen molar-refractivity contribution in [1.29, 1.82) is 0 Å². The molecule has 0 saturated carbocycles. The second-order valence-corrected chi connectivity index (χ2v) is 5.15. The number of halogens is 2. The maximum absolute atomic E-state index is 5.73. The molecule has 0 N–H and O–H groups in total. The molecule has 3 nitrogen and oxygen atoms in total. The van der Waals surface area contributed by atoms with Crippen LogP contribution >= 0.6 is 27.5 Å². The molecule has 0 aliphatic carbocycles. The summed E-state index contributed by atoms with van der Waals surface area (Å²) in [4.78, 5) is 9.12. The van der Waals surface area contributed by atoms with Crippen molar-refractivity contribution in [2.75, 3.05) is 43.5 Å².